The van der Waals surface area contributed by atoms with Crippen molar-refractivity contribution in [3.63, 3.8) is 0 Å². The van der Waals surface area contributed by atoms with Gasteiger partial charge < -0.3 is 15.8 Å². The molecule has 0 amide bonds. The molecule has 0 bridgehead atoms. The number of esters is 1. The van der Waals surface area contributed by atoms with Crippen LogP contribution in [0.15, 0.2) is 12.3 Å². The number of nitrogens with two attached hydrogens (primary N) is 1. The lowest BCUT2D eigenvalue weighted by Crippen LogP contribution is -2.16. The van der Waals surface area contributed by atoms with Crippen LogP contribution in [-0.2, 0) is 4.74 Å². The van der Waals surface area contributed by atoms with Crippen molar-refractivity contribution in [2.24, 2.45) is 5.41 Å². The molecule has 0 spiro atoms. The fourth-order valence-electron chi connectivity index (χ4n) is 2.06. The number of nitrogens with zero attached hydrogens (tertiary/aromatic N) is 1. The summed E-state index contributed by atoms with van der Waals surface area (Å²) < 4.78 is 4.97. The molecule has 5 heteroatoms. The van der Waals surface area contributed by atoms with Gasteiger partial charge in [0.15, 0.2) is 0 Å². The van der Waals surface area contributed by atoms with E-state index >= 15 is 0 Å². The van der Waals surface area contributed by atoms with Crippen LogP contribution in [0.4, 0.5) is 11.5 Å². The van der Waals surface area contributed by atoms with Crippen LogP contribution in [-0.4, -0.2) is 24.1 Å². The van der Waals surface area contributed by atoms with E-state index in [2.05, 4.69) is 17.2 Å². The summed E-state index contributed by atoms with van der Waals surface area (Å²) in [6, 6.07) is 1.67. The van der Waals surface area contributed by atoms with Crippen molar-refractivity contribution >= 4 is 17.5 Å². The third-order valence-electron chi connectivity index (χ3n) is 3.78. The molecule has 1 heterocycles. The standard InChI is InChI=1S/C14H21N3O2/c1-3-14(5-6-14)9-17-12-7-10(11(15)8-16-12)13(18)19-4-2/h7-8H,3-6,9,15H2,1-2H3,(H,16,17). The minimum absolute atomic E-state index is 0.336. The Morgan fingerprint density at radius 2 is 2.26 bits per heavy atom. The Kier molecular flexibility index (Phi) is 3.93. The van der Waals surface area contributed by atoms with Gasteiger partial charge in [-0.15, -0.1) is 0 Å². The van der Waals surface area contributed by atoms with Gasteiger partial charge in [-0.05, 0) is 37.7 Å². The molecule has 1 aliphatic rings. The van der Waals surface area contributed by atoms with E-state index < -0.39 is 5.97 Å². The van der Waals surface area contributed by atoms with Gasteiger partial charge in [-0.2, -0.15) is 0 Å². The zero-order chi connectivity index (χ0) is 13.9. The Labute approximate surface area is 113 Å². The Balaban J connectivity index is 2.05. The van der Waals surface area contributed by atoms with Gasteiger partial charge in [-0.3, -0.25) is 0 Å². The number of carbonyl (C=O) groups excluding carboxylic acids is 1. The summed E-state index contributed by atoms with van der Waals surface area (Å²) in [6.45, 7) is 5.20. The van der Waals surface area contributed by atoms with Crippen molar-refractivity contribution in [1.82, 2.24) is 4.98 Å². The van der Waals surface area contributed by atoms with Crippen LogP contribution in [0.1, 0.15) is 43.5 Å². The third-order valence-corrected chi connectivity index (χ3v) is 3.78. The van der Waals surface area contributed by atoms with Gasteiger partial charge in [0, 0.05) is 6.54 Å². The van der Waals surface area contributed by atoms with E-state index in [1.807, 2.05) is 0 Å². The topological polar surface area (TPSA) is 77.2 Å². The van der Waals surface area contributed by atoms with Gasteiger partial charge in [-0.25, -0.2) is 9.78 Å². The average molecular weight is 263 g/mol. The molecule has 3 N–H and O–H groups in total. The van der Waals surface area contributed by atoms with E-state index in [0.29, 0.717) is 29.1 Å². The largest absolute Gasteiger partial charge is 0.462 e. The fraction of sp³-hybridized carbons (Fsp3) is 0.571. The van der Waals surface area contributed by atoms with Gasteiger partial charge in [0.1, 0.15) is 5.82 Å². The van der Waals surface area contributed by atoms with E-state index in [4.69, 9.17) is 10.5 Å². The van der Waals surface area contributed by atoms with E-state index in [1.54, 1.807) is 13.0 Å². The smallest absolute Gasteiger partial charge is 0.340 e. The number of carbonyl (C=O) groups is 1. The number of hydrogen-bond donors (Lipinski definition) is 2. The first-order chi connectivity index (χ1) is 9.10. The van der Waals surface area contributed by atoms with E-state index in [9.17, 15) is 4.79 Å². The van der Waals surface area contributed by atoms with Crippen LogP contribution in [0.3, 0.4) is 0 Å². The molecule has 19 heavy (non-hydrogen) atoms. The highest BCUT2D eigenvalue weighted by Gasteiger charge is 2.40. The monoisotopic (exact) mass is 263 g/mol. The molecule has 0 aliphatic heterocycles. The molecule has 0 radical (unpaired) electrons. The Bertz CT molecular complexity index is 470. The molecular formula is C14H21N3O2. The lowest BCUT2D eigenvalue weighted by atomic mass is 10.0. The Morgan fingerprint density at radius 1 is 1.53 bits per heavy atom. The minimum Gasteiger partial charge on any atom is -0.462 e. The Hall–Kier alpha value is -1.78. The normalized spacial score (nSPS) is 15.9. The molecule has 2 rings (SSSR count). The zero-order valence-electron chi connectivity index (χ0n) is 11.5. The van der Waals surface area contributed by atoms with E-state index in [-0.39, 0.29) is 0 Å². The number of pyridine rings is 1. The third kappa shape index (κ3) is 3.16. The number of nitrogens with one attached hydrogen (secondary N) is 1. The number of nitrogen functional groups attached to an aromatic ring is 1. The summed E-state index contributed by atoms with van der Waals surface area (Å²) >= 11 is 0. The van der Waals surface area contributed by atoms with Gasteiger partial charge >= 0.3 is 5.97 Å². The van der Waals surface area contributed by atoms with E-state index in [1.165, 1.54) is 25.5 Å². The van der Waals surface area contributed by atoms with Gasteiger partial charge in [0.05, 0.1) is 24.1 Å². The second-order valence-corrected chi connectivity index (χ2v) is 5.08. The molecule has 0 unspecified atom stereocenters. The highest BCUT2D eigenvalue weighted by Crippen LogP contribution is 2.48. The van der Waals surface area contributed by atoms with Crippen molar-refractivity contribution < 1.29 is 9.53 Å². The van der Waals surface area contributed by atoms with Gasteiger partial charge in [0.25, 0.3) is 0 Å². The maximum absolute atomic E-state index is 11.7. The summed E-state index contributed by atoms with van der Waals surface area (Å²) in [7, 11) is 0. The second kappa shape index (κ2) is 5.47. The first kappa shape index (κ1) is 13.6. The van der Waals surface area contributed by atoms with Crippen molar-refractivity contribution in [3.05, 3.63) is 17.8 Å². The number of hydrogen-bond acceptors (Lipinski definition) is 5. The lowest BCUT2D eigenvalue weighted by Gasteiger charge is -2.14. The molecule has 0 saturated heterocycles. The predicted octanol–water partition coefficient (Wildman–Crippen LogP) is 2.44. The van der Waals surface area contributed by atoms with Crippen molar-refractivity contribution in [1.29, 1.82) is 0 Å². The predicted molar refractivity (Wildman–Crippen MR) is 75.1 cm³/mol. The zero-order valence-corrected chi connectivity index (χ0v) is 11.5. The van der Waals surface area contributed by atoms with Crippen LogP contribution in [0.25, 0.3) is 0 Å². The van der Waals surface area contributed by atoms with Crippen molar-refractivity contribution in [2.45, 2.75) is 33.1 Å². The van der Waals surface area contributed by atoms with Crippen LogP contribution in [0.2, 0.25) is 0 Å². The summed E-state index contributed by atoms with van der Waals surface area (Å²) in [5.41, 5.74) is 6.90. The highest BCUT2D eigenvalue weighted by atomic mass is 16.5. The quantitative estimate of drug-likeness (QED) is 0.771. The molecular weight excluding hydrogens is 242 g/mol. The number of anilines is 2. The minimum atomic E-state index is -0.401. The number of rotatable bonds is 6. The van der Waals surface area contributed by atoms with Crippen molar-refractivity contribution in [3.8, 4) is 0 Å². The van der Waals surface area contributed by atoms with Gasteiger partial charge in [-0.1, -0.05) is 6.92 Å². The second-order valence-electron chi connectivity index (χ2n) is 5.08. The molecule has 1 aromatic heterocycles. The highest BCUT2D eigenvalue weighted by molar-refractivity contribution is 5.95. The Morgan fingerprint density at radius 3 is 2.84 bits per heavy atom. The molecule has 5 nitrogen and oxygen atoms in total. The molecule has 0 aromatic carbocycles. The molecule has 104 valence electrons. The number of ether oxygens (including phenoxy) is 1. The fourth-order valence-corrected chi connectivity index (χ4v) is 2.06. The molecule has 1 aromatic rings. The van der Waals surface area contributed by atoms with Crippen LogP contribution < -0.4 is 11.1 Å². The van der Waals surface area contributed by atoms with Crippen LogP contribution in [0, 0.1) is 5.41 Å². The molecule has 1 saturated carbocycles. The van der Waals surface area contributed by atoms with Crippen molar-refractivity contribution in [2.75, 3.05) is 24.2 Å². The number of aromatic nitrogens is 1. The maximum atomic E-state index is 11.7. The van der Waals surface area contributed by atoms with E-state index in [0.717, 1.165) is 6.54 Å². The summed E-state index contributed by atoms with van der Waals surface area (Å²) in [5, 5.41) is 3.29. The average Bonchev–Trinajstić information content (AvgIpc) is 3.19. The summed E-state index contributed by atoms with van der Waals surface area (Å²) in [4.78, 5) is 15.9. The van der Waals surface area contributed by atoms with Crippen LogP contribution in [0.5, 0.6) is 0 Å². The van der Waals surface area contributed by atoms with Crippen LogP contribution >= 0.6 is 0 Å². The SMILES string of the molecule is CCOC(=O)c1cc(NCC2(CC)CC2)ncc1N. The molecule has 1 aliphatic carbocycles. The summed E-state index contributed by atoms with van der Waals surface area (Å²) in [6.07, 6.45) is 5.19. The maximum Gasteiger partial charge on any atom is 0.340 e. The first-order valence-electron chi connectivity index (χ1n) is 6.77. The summed E-state index contributed by atoms with van der Waals surface area (Å²) in [5.74, 6) is 0.277. The molecule has 0 atom stereocenters. The molecule has 1 fully saturated rings. The first-order valence-corrected chi connectivity index (χ1v) is 6.77. The lowest BCUT2D eigenvalue weighted by molar-refractivity contribution is 0.0527. The van der Waals surface area contributed by atoms with Gasteiger partial charge in [0.2, 0.25) is 0 Å².